The second-order valence-corrected chi connectivity index (χ2v) is 14.0. The van der Waals surface area contributed by atoms with Crippen molar-refractivity contribution in [3.63, 3.8) is 0 Å². The first-order valence-corrected chi connectivity index (χ1v) is 14.6. The molecule has 7 nitrogen and oxygen atoms in total. The number of amides is 1. The van der Waals surface area contributed by atoms with Gasteiger partial charge >= 0.3 is 0 Å². The molecule has 33 heavy (non-hydrogen) atoms. The zero-order valence-electron chi connectivity index (χ0n) is 19.1. The lowest BCUT2D eigenvalue weighted by Gasteiger charge is -2.42. The molecule has 0 bridgehead atoms. The first-order valence-electron chi connectivity index (χ1n) is 11.2. The molecule has 1 saturated heterocycles. The number of azide groups is 1. The molecule has 2 aliphatic heterocycles. The van der Waals surface area contributed by atoms with Crippen LogP contribution in [0.5, 0.6) is 0 Å². The summed E-state index contributed by atoms with van der Waals surface area (Å²) in [5, 5.41) is 3.94. The first kappa shape index (κ1) is 23.4. The van der Waals surface area contributed by atoms with Crippen LogP contribution in [0, 0.1) is 5.82 Å². The molecule has 0 spiro atoms. The van der Waals surface area contributed by atoms with Crippen LogP contribution in [0.15, 0.2) is 53.6 Å². The molecule has 1 amide bonds. The zero-order chi connectivity index (χ0) is 23.6. The second kappa shape index (κ2) is 9.65. The topological polar surface area (TPSA) is 87.5 Å². The number of fused-ring (bicyclic) bond motifs is 1. The smallest absolute Gasteiger partial charge is 0.252 e. The first-order chi connectivity index (χ1) is 15.8. The van der Waals surface area contributed by atoms with Gasteiger partial charge in [0.2, 0.25) is 0 Å². The summed E-state index contributed by atoms with van der Waals surface area (Å²) in [4.78, 5) is 18.5. The van der Waals surface area contributed by atoms with Crippen molar-refractivity contribution in [2.24, 2.45) is 5.11 Å². The van der Waals surface area contributed by atoms with Crippen LogP contribution in [0.4, 0.5) is 4.39 Å². The van der Waals surface area contributed by atoms with Gasteiger partial charge < -0.3 is 14.1 Å². The van der Waals surface area contributed by atoms with Gasteiger partial charge in [-0.25, -0.2) is 4.39 Å². The Morgan fingerprint density at radius 1 is 1.21 bits per heavy atom. The fraction of sp³-hybridized carbons (Fsp3) is 0.458. The molecule has 0 N–H and O–H groups in total. The fourth-order valence-corrected chi connectivity index (χ4v) is 5.81. The predicted molar refractivity (Wildman–Crippen MR) is 126 cm³/mol. The lowest BCUT2D eigenvalue weighted by atomic mass is 9.87. The number of nitrogens with zero attached hydrogens (tertiary/aromatic N) is 4. The molecule has 0 saturated carbocycles. The van der Waals surface area contributed by atoms with Crippen LogP contribution >= 0.6 is 0 Å². The van der Waals surface area contributed by atoms with E-state index in [1.165, 1.54) is 17.7 Å². The average molecular weight is 469 g/mol. The highest BCUT2D eigenvalue weighted by Crippen LogP contribution is 2.37. The molecule has 4 rings (SSSR count). The van der Waals surface area contributed by atoms with Crippen molar-refractivity contribution in [2.75, 3.05) is 13.2 Å². The van der Waals surface area contributed by atoms with E-state index in [9.17, 15) is 9.18 Å². The maximum Gasteiger partial charge on any atom is 0.252 e. The van der Waals surface area contributed by atoms with Gasteiger partial charge in [0.25, 0.3) is 5.91 Å². The minimum absolute atomic E-state index is 0.150. The molecule has 1 fully saturated rings. The Bertz CT molecular complexity index is 1050. The molecule has 2 aromatic rings. The number of hydrogen-bond donors (Lipinski definition) is 0. The van der Waals surface area contributed by atoms with Crippen molar-refractivity contribution in [1.29, 1.82) is 0 Å². The van der Waals surface area contributed by atoms with Crippen LogP contribution in [-0.2, 0) is 20.4 Å². The number of ether oxygens (including phenoxy) is 1. The van der Waals surface area contributed by atoms with E-state index in [2.05, 4.69) is 35.7 Å². The Labute approximate surface area is 194 Å². The Hall–Kier alpha value is -2.71. The van der Waals surface area contributed by atoms with E-state index in [4.69, 9.17) is 14.7 Å². The van der Waals surface area contributed by atoms with Gasteiger partial charge in [0.05, 0.1) is 24.8 Å². The number of rotatable bonds is 5. The van der Waals surface area contributed by atoms with E-state index in [0.29, 0.717) is 6.54 Å². The summed E-state index contributed by atoms with van der Waals surface area (Å²) in [5.74, 6) is -0.467. The second-order valence-electron chi connectivity index (χ2n) is 9.53. The van der Waals surface area contributed by atoms with Gasteiger partial charge in [0, 0.05) is 11.5 Å². The summed E-state index contributed by atoms with van der Waals surface area (Å²) in [6, 6.07) is 13.5. The van der Waals surface area contributed by atoms with E-state index in [1.54, 1.807) is 12.1 Å². The summed E-state index contributed by atoms with van der Waals surface area (Å²) in [6.07, 6.45) is -0.0819. The van der Waals surface area contributed by atoms with Crippen LogP contribution in [0.1, 0.15) is 29.2 Å². The van der Waals surface area contributed by atoms with Gasteiger partial charge in [0.1, 0.15) is 11.9 Å². The lowest BCUT2D eigenvalue weighted by molar-refractivity contribution is -0.153. The molecule has 0 aliphatic carbocycles. The van der Waals surface area contributed by atoms with Crippen LogP contribution in [0.2, 0.25) is 19.6 Å². The monoisotopic (exact) mass is 468 g/mol. The van der Waals surface area contributed by atoms with E-state index in [1.807, 2.05) is 23.1 Å². The van der Waals surface area contributed by atoms with Crippen LogP contribution in [0.3, 0.4) is 0 Å². The van der Waals surface area contributed by atoms with Crippen molar-refractivity contribution in [1.82, 2.24) is 4.90 Å². The summed E-state index contributed by atoms with van der Waals surface area (Å²) >= 11 is 0. The Balaban J connectivity index is 1.61. The Morgan fingerprint density at radius 3 is 2.64 bits per heavy atom. The molecular weight excluding hydrogens is 439 g/mol. The predicted octanol–water partition coefficient (Wildman–Crippen LogP) is 4.99. The standard InChI is InChI=1S/C24H29FN4O3Si/c1-33(2,3)32-22-15-31-21(14-20(22)27-28-26)24(30)29-13-12-16-6-4-5-7-19(16)23(29)17-8-10-18(25)11-9-17/h4-11,20-23H,12-15H2,1-3H3/t20-,21-,22-,23-/m0/s1. The molecule has 0 aromatic heterocycles. The van der Waals surface area contributed by atoms with E-state index in [-0.39, 0.29) is 36.9 Å². The normalized spacial score (nSPS) is 25.2. The van der Waals surface area contributed by atoms with Crippen LogP contribution < -0.4 is 0 Å². The van der Waals surface area contributed by atoms with E-state index < -0.39 is 20.5 Å². The van der Waals surface area contributed by atoms with Gasteiger partial charge in [-0.2, -0.15) is 0 Å². The summed E-state index contributed by atoms with van der Waals surface area (Å²) in [7, 11) is -1.89. The van der Waals surface area contributed by atoms with E-state index in [0.717, 1.165) is 17.5 Å². The Kier molecular flexibility index (Phi) is 6.85. The van der Waals surface area contributed by atoms with Crippen LogP contribution in [0.25, 0.3) is 10.4 Å². The summed E-state index contributed by atoms with van der Waals surface area (Å²) in [6.45, 7) is 6.93. The molecule has 2 aliphatic rings. The molecule has 2 heterocycles. The summed E-state index contributed by atoms with van der Waals surface area (Å²) in [5.41, 5.74) is 12.1. The number of carbonyl (C=O) groups is 1. The SMILES string of the molecule is C[Si](C)(C)O[C@H]1CO[C@H](C(=O)N2CCc3ccccc3[C@@H]2c2ccc(F)cc2)C[C@@H]1N=[N+]=[N-]. The molecule has 9 heteroatoms. The molecule has 174 valence electrons. The highest BCUT2D eigenvalue weighted by atomic mass is 28.4. The molecule has 4 atom stereocenters. The maximum atomic E-state index is 13.7. The van der Waals surface area contributed by atoms with Gasteiger partial charge in [-0.3, -0.25) is 4.79 Å². The number of benzene rings is 2. The molecular formula is C24H29FN4O3Si. The third-order valence-electron chi connectivity index (χ3n) is 6.08. The van der Waals surface area contributed by atoms with E-state index >= 15 is 0 Å². The lowest BCUT2D eigenvalue weighted by Crippen LogP contribution is -2.53. The van der Waals surface area contributed by atoms with Crippen LogP contribution in [-0.4, -0.2) is 50.5 Å². The summed E-state index contributed by atoms with van der Waals surface area (Å²) < 4.78 is 25.8. The third-order valence-corrected chi connectivity index (χ3v) is 7.09. The largest absolute Gasteiger partial charge is 0.412 e. The van der Waals surface area contributed by atoms with Crippen molar-refractivity contribution in [2.45, 2.75) is 56.8 Å². The van der Waals surface area contributed by atoms with Gasteiger partial charge in [0.15, 0.2) is 8.32 Å². The fourth-order valence-electron chi connectivity index (χ4n) is 4.68. The van der Waals surface area contributed by atoms with Crippen molar-refractivity contribution in [3.05, 3.63) is 81.5 Å². The Morgan fingerprint density at radius 2 is 1.94 bits per heavy atom. The van der Waals surface area contributed by atoms with Crippen molar-refractivity contribution >= 4 is 14.2 Å². The molecule has 0 unspecified atom stereocenters. The van der Waals surface area contributed by atoms with Crippen molar-refractivity contribution in [3.8, 4) is 0 Å². The zero-order valence-corrected chi connectivity index (χ0v) is 20.1. The minimum Gasteiger partial charge on any atom is -0.412 e. The number of carbonyl (C=O) groups excluding carboxylic acids is 1. The number of halogens is 1. The van der Waals surface area contributed by atoms with Gasteiger partial charge in [-0.15, -0.1) is 0 Å². The van der Waals surface area contributed by atoms with Gasteiger partial charge in [-0.1, -0.05) is 41.5 Å². The maximum absolute atomic E-state index is 13.7. The number of hydrogen-bond acceptors (Lipinski definition) is 4. The quantitative estimate of drug-likeness (QED) is 0.268. The third kappa shape index (κ3) is 5.28. The van der Waals surface area contributed by atoms with Gasteiger partial charge in [-0.05, 0) is 66.8 Å². The van der Waals surface area contributed by atoms with Crippen molar-refractivity contribution < 1.29 is 18.3 Å². The molecule has 2 aromatic carbocycles. The highest BCUT2D eigenvalue weighted by molar-refractivity contribution is 6.69. The molecule has 0 radical (unpaired) electrons. The average Bonchev–Trinajstić information content (AvgIpc) is 2.79. The highest BCUT2D eigenvalue weighted by Gasteiger charge is 2.41. The minimum atomic E-state index is -1.89.